The lowest BCUT2D eigenvalue weighted by Crippen LogP contribution is -2.46. The van der Waals surface area contributed by atoms with Crippen molar-refractivity contribution in [2.24, 2.45) is 11.8 Å². The molecule has 21 heavy (non-hydrogen) atoms. The van der Waals surface area contributed by atoms with E-state index in [0.29, 0.717) is 11.6 Å². The molecule has 0 aromatic heterocycles. The molecule has 6 heteroatoms. The van der Waals surface area contributed by atoms with Gasteiger partial charge in [-0.1, -0.05) is 35.9 Å². The predicted octanol–water partition coefficient (Wildman–Crippen LogP) is 0.276. The van der Waals surface area contributed by atoms with E-state index in [0.717, 1.165) is 5.56 Å². The van der Waals surface area contributed by atoms with Crippen LogP contribution in [0.25, 0.3) is 0 Å². The molecule has 1 amide bonds. The molecule has 0 aliphatic carbocycles. The lowest BCUT2D eigenvalue weighted by Gasteiger charge is -2.24. The monoisotopic (exact) mass is 306 g/mol. The number of amides is 1. The Hall–Kier alpha value is -1.85. The van der Waals surface area contributed by atoms with Gasteiger partial charge in [0, 0.05) is 23.5 Å². The van der Waals surface area contributed by atoms with Crippen molar-refractivity contribution in [2.45, 2.75) is 18.8 Å². The number of nitrogens with one attached hydrogen (secondary N) is 1. The van der Waals surface area contributed by atoms with Crippen molar-refractivity contribution < 1.29 is 19.4 Å². The summed E-state index contributed by atoms with van der Waals surface area (Å²) in [4.78, 5) is 23.4. The molecule has 4 atom stereocenters. The van der Waals surface area contributed by atoms with Crippen LogP contribution in [0.2, 0.25) is 5.02 Å². The van der Waals surface area contributed by atoms with Gasteiger partial charge in [-0.25, -0.2) is 0 Å². The zero-order chi connectivity index (χ0) is 15.0. The quantitative estimate of drug-likeness (QED) is 0.810. The lowest BCUT2D eigenvalue weighted by molar-refractivity contribution is -0.313. The van der Waals surface area contributed by atoms with Gasteiger partial charge in [0.2, 0.25) is 5.91 Å². The molecule has 0 radical (unpaired) electrons. The molecular weight excluding hydrogens is 294 g/mol. The van der Waals surface area contributed by atoms with Crippen molar-refractivity contribution in [3.05, 3.63) is 47.0 Å². The molecule has 2 bridgehead atoms. The minimum absolute atomic E-state index is 0.313. The number of ether oxygens (including phenoxy) is 1. The van der Waals surface area contributed by atoms with Crippen molar-refractivity contribution >= 4 is 23.5 Å². The zero-order valence-electron chi connectivity index (χ0n) is 11.0. The molecule has 1 aromatic rings. The molecule has 5 nitrogen and oxygen atoms in total. The van der Waals surface area contributed by atoms with Crippen LogP contribution in [0.5, 0.6) is 0 Å². The number of carbonyl (C=O) groups is 2. The summed E-state index contributed by atoms with van der Waals surface area (Å²) in [5, 5.41) is 14.6. The summed E-state index contributed by atoms with van der Waals surface area (Å²) < 4.78 is 5.44. The van der Waals surface area contributed by atoms with Crippen LogP contribution in [-0.4, -0.2) is 24.1 Å². The lowest BCUT2D eigenvalue weighted by atomic mass is 9.82. The van der Waals surface area contributed by atoms with Gasteiger partial charge in [-0.15, -0.1) is 0 Å². The highest BCUT2D eigenvalue weighted by atomic mass is 35.5. The number of fused-ring (bicyclic) bond motifs is 2. The average Bonchev–Trinajstić information content (AvgIpc) is 3.06. The van der Waals surface area contributed by atoms with E-state index in [2.05, 4.69) is 5.32 Å². The second-order valence-corrected chi connectivity index (χ2v) is 5.60. The van der Waals surface area contributed by atoms with Crippen molar-refractivity contribution in [1.82, 2.24) is 5.32 Å². The number of hydrogen-bond acceptors (Lipinski definition) is 4. The molecule has 1 saturated heterocycles. The maximum atomic E-state index is 12.2. The summed E-state index contributed by atoms with van der Waals surface area (Å²) >= 11 is 5.79. The number of benzene rings is 1. The molecule has 1 fully saturated rings. The first-order valence-electron chi connectivity index (χ1n) is 6.63. The molecule has 1 N–H and O–H groups in total. The minimum atomic E-state index is -1.25. The minimum Gasteiger partial charge on any atom is -0.550 e. The van der Waals surface area contributed by atoms with Crippen molar-refractivity contribution in [2.75, 3.05) is 0 Å². The van der Waals surface area contributed by atoms with Crippen molar-refractivity contribution in [3.8, 4) is 0 Å². The van der Waals surface area contributed by atoms with E-state index >= 15 is 0 Å². The Labute approximate surface area is 126 Å². The van der Waals surface area contributed by atoms with Crippen molar-refractivity contribution in [1.29, 1.82) is 0 Å². The fraction of sp³-hybridized carbons (Fsp3) is 0.333. The van der Waals surface area contributed by atoms with Crippen LogP contribution in [0.3, 0.4) is 0 Å². The van der Waals surface area contributed by atoms with E-state index in [1.54, 1.807) is 36.4 Å². The van der Waals surface area contributed by atoms with Gasteiger partial charge in [0.15, 0.2) is 0 Å². The third-order valence-corrected chi connectivity index (χ3v) is 4.11. The Morgan fingerprint density at radius 1 is 1.14 bits per heavy atom. The van der Waals surface area contributed by atoms with Gasteiger partial charge in [-0.3, -0.25) is 4.79 Å². The van der Waals surface area contributed by atoms with E-state index in [1.165, 1.54) is 0 Å². The van der Waals surface area contributed by atoms with Crippen LogP contribution in [0.1, 0.15) is 5.56 Å². The van der Waals surface area contributed by atoms with E-state index in [9.17, 15) is 14.7 Å². The molecule has 0 unspecified atom stereocenters. The predicted molar refractivity (Wildman–Crippen MR) is 73.1 cm³/mol. The van der Waals surface area contributed by atoms with Crippen LogP contribution in [0, 0.1) is 11.8 Å². The highest BCUT2D eigenvalue weighted by molar-refractivity contribution is 6.30. The van der Waals surface area contributed by atoms with Crippen molar-refractivity contribution in [3.63, 3.8) is 0 Å². The van der Waals surface area contributed by atoms with Gasteiger partial charge in [-0.2, -0.15) is 0 Å². The summed E-state index contributed by atoms with van der Waals surface area (Å²) in [6.07, 6.45) is 2.36. The Balaban J connectivity index is 1.66. The number of carboxylic acid groups (broad SMARTS) is 1. The molecule has 110 valence electrons. The molecule has 3 rings (SSSR count). The van der Waals surface area contributed by atoms with Crippen LogP contribution in [0.4, 0.5) is 0 Å². The Morgan fingerprint density at radius 3 is 2.38 bits per heavy atom. The number of carboxylic acids is 1. The van der Waals surface area contributed by atoms with E-state index in [1.807, 2.05) is 0 Å². The normalized spacial score (nSPS) is 29.6. The number of rotatable bonds is 4. The van der Waals surface area contributed by atoms with Gasteiger partial charge in [0.25, 0.3) is 0 Å². The molecule has 2 heterocycles. The van der Waals surface area contributed by atoms with E-state index in [-0.39, 0.29) is 5.91 Å². The first-order chi connectivity index (χ1) is 10.1. The van der Waals surface area contributed by atoms with Gasteiger partial charge >= 0.3 is 0 Å². The standard InChI is InChI=1S/C15H14ClNO4/c16-9-3-1-8(2-4-9)7-17-14(18)12-10-5-6-11(21-10)13(12)15(19)20/h1-6,10-13H,7H2,(H,17,18)(H,19,20)/p-1/t10-,11+,12-,13-/m0/s1. The first-order valence-corrected chi connectivity index (χ1v) is 7.01. The summed E-state index contributed by atoms with van der Waals surface area (Å²) in [5.41, 5.74) is 0.886. The molecule has 1 aromatic carbocycles. The summed E-state index contributed by atoms with van der Waals surface area (Å²) in [6, 6.07) is 7.07. The van der Waals surface area contributed by atoms with Crippen LogP contribution >= 0.6 is 11.6 Å². The molecule has 0 spiro atoms. The van der Waals surface area contributed by atoms with Crippen LogP contribution in [-0.2, 0) is 20.9 Å². The average molecular weight is 307 g/mol. The summed E-state index contributed by atoms with van der Waals surface area (Å²) in [5.74, 6) is -3.25. The maximum Gasteiger partial charge on any atom is 0.227 e. The Kier molecular flexibility index (Phi) is 3.69. The van der Waals surface area contributed by atoms with E-state index in [4.69, 9.17) is 16.3 Å². The fourth-order valence-electron chi connectivity index (χ4n) is 2.81. The first kappa shape index (κ1) is 14.1. The van der Waals surface area contributed by atoms with Crippen LogP contribution < -0.4 is 10.4 Å². The van der Waals surface area contributed by atoms with Gasteiger partial charge in [0.1, 0.15) is 0 Å². The summed E-state index contributed by atoms with van der Waals surface area (Å²) in [6.45, 7) is 0.313. The third kappa shape index (κ3) is 2.66. The Bertz CT molecular complexity index is 598. The van der Waals surface area contributed by atoms with E-state index < -0.39 is 30.0 Å². The number of carbonyl (C=O) groups excluding carboxylic acids is 2. The molecule has 0 saturated carbocycles. The third-order valence-electron chi connectivity index (χ3n) is 3.85. The smallest absolute Gasteiger partial charge is 0.227 e. The molecular formula is C15H13ClNO4-. The second-order valence-electron chi connectivity index (χ2n) is 5.17. The fourth-order valence-corrected chi connectivity index (χ4v) is 2.94. The van der Waals surface area contributed by atoms with Gasteiger partial charge in [0.05, 0.1) is 18.1 Å². The van der Waals surface area contributed by atoms with Gasteiger partial charge in [-0.05, 0) is 17.7 Å². The molecule has 2 aliphatic heterocycles. The van der Waals surface area contributed by atoms with Crippen LogP contribution in [0.15, 0.2) is 36.4 Å². The number of halogens is 1. The second kappa shape index (κ2) is 5.50. The number of hydrogen-bond donors (Lipinski definition) is 1. The SMILES string of the molecule is O=C(NCc1ccc(Cl)cc1)[C@@H]1[C@@H](C(=O)[O-])[C@H]2C=C[C@@H]1O2. The number of aliphatic carboxylic acids is 1. The highest BCUT2D eigenvalue weighted by Gasteiger charge is 2.50. The topological polar surface area (TPSA) is 78.5 Å². The Morgan fingerprint density at radius 2 is 1.76 bits per heavy atom. The molecule has 2 aliphatic rings. The summed E-state index contributed by atoms with van der Waals surface area (Å²) in [7, 11) is 0. The van der Waals surface area contributed by atoms with Gasteiger partial charge < -0.3 is 20.0 Å². The maximum absolute atomic E-state index is 12.2. The largest absolute Gasteiger partial charge is 0.550 e. The highest BCUT2D eigenvalue weighted by Crippen LogP contribution is 2.38. The zero-order valence-corrected chi connectivity index (χ0v) is 11.7.